The lowest BCUT2D eigenvalue weighted by atomic mass is 10.1. The molecule has 1 heteroatoms. The molecule has 0 aliphatic heterocycles. The van der Waals surface area contributed by atoms with Crippen molar-refractivity contribution in [2.24, 2.45) is 0 Å². The normalized spacial score (nSPS) is 10.8. The molecule has 62 valence electrons. The molecular formula is C11H13N. The first-order chi connectivity index (χ1) is 5.79. The molecule has 2 aromatic rings. The van der Waals surface area contributed by atoms with Crippen molar-refractivity contribution in [3.63, 3.8) is 0 Å². The number of hydrogen-bond donors (Lipinski definition) is 1. The first kappa shape index (κ1) is 7.41. The van der Waals surface area contributed by atoms with Crippen LogP contribution in [0.3, 0.4) is 0 Å². The molecule has 1 nitrogen and oxygen atoms in total. The van der Waals surface area contributed by atoms with E-state index >= 15 is 0 Å². The number of fused-ring (bicyclic) bond motifs is 1. The van der Waals surface area contributed by atoms with Crippen molar-refractivity contribution in [3.8, 4) is 0 Å². The molecule has 0 aliphatic carbocycles. The topological polar surface area (TPSA) is 15.8 Å². The monoisotopic (exact) mass is 159 g/mol. The minimum atomic E-state index is 1.11. The Bertz CT molecular complexity index is 398. The van der Waals surface area contributed by atoms with Crippen molar-refractivity contribution in [1.29, 1.82) is 0 Å². The summed E-state index contributed by atoms with van der Waals surface area (Å²) in [6, 6.07) is 8.77. The van der Waals surface area contributed by atoms with Crippen LogP contribution in [0.2, 0.25) is 0 Å². The van der Waals surface area contributed by atoms with Crippen LogP contribution in [0.5, 0.6) is 0 Å². The maximum absolute atomic E-state index is 3.31. The fraction of sp³-hybridized carbons (Fsp3) is 0.273. The van der Waals surface area contributed by atoms with Crippen molar-refractivity contribution >= 4 is 10.9 Å². The molecule has 1 aromatic carbocycles. The Kier molecular flexibility index (Phi) is 1.65. The number of rotatable bonds is 1. The minimum absolute atomic E-state index is 1.11. The van der Waals surface area contributed by atoms with E-state index in [1.807, 2.05) is 0 Å². The van der Waals surface area contributed by atoms with Crippen LogP contribution >= 0.6 is 0 Å². The highest BCUT2D eigenvalue weighted by Gasteiger charge is 1.96. The Balaban J connectivity index is 2.66. The molecule has 0 bridgehead atoms. The summed E-state index contributed by atoms with van der Waals surface area (Å²) >= 11 is 0. The van der Waals surface area contributed by atoms with Gasteiger partial charge in [0, 0.05) is 11.2 Å². The fourth-order valence-electron chi connectivity index (χ4n) is 1.55. The minimum Gasteiger partial charge on any atom is -0.359 e. The van der Waals surface area contributed by atoms with Crippen molar-refractivity contribution in [2.45, 2.75) is 20.3 Å². The largest absolute Gasteiger partial charge is 0.359 e. The summed E-state index contributed by atoms with van der Waals surface area (Å²) < 4.78 is 0. The SMILES string of the molecule is CCc1ccc2[nH]c(C)cc2c1. The van der Waals surface area contributed by atoms with Crippen molar-refractivity contribution < 1.29 is 0 Å². The third-order valence-electron chi connectivity index (χ3n) is 2.23. The molecule has 0 saturated carbocycles. The summed E-state index contributed by atoms with van der Waals surface area (Å²) in [6.45, 7) is 4.27. The van der Waals surface area contributed by atoms with Gasteiger partial charge in [0.25, 0.3) is 0 Å². The highest BCUT2D eigenvalue weighted by molar-refractivity contribution is 5.81. The summed E-state index contributed by atoms with van der Waals surface area (Å²) in [5.41, 5.74) is 3.88. The Labute approximate surface area is 72.4 Å². The number of aryl methyl sites for hydroxylation is 2. The maximum atomic E-state index is 3.31. The second-order valence-electron chi connectivity index (χ2n) is 3.23. The molecule has 0 spiro atoms. The molecule has 1 aromatic heterocycles. The molecule has 1 heterocycles. The lowest BCUT2D eigenvalue weighted by molar-refractivity contribution is 1.15. The zero-order chi connectivity index (χ0) is 8.55. The number of aromatic nitrogens is 1. The number of nitrogens with one attached hydrogen (secondary N) is 1. The fourth-order valence-corrected chi connectivity index (χ4v) is 1.55. The van der Waals surface area contributed by atoms with Gasteiger partial charge in [0.15, 0.2) is 0 Å². The van der Waals surface area contributed by atoms with Crippen molar-refractivity contribution in [3.05, 3.63) is 35.5 Å². The summed E-state index contributed by atoms with van der Waals surface area (Å²) in [6.07, 6.45) is 1.11. The maximum Gasteiger partial charge on any atom is 0.0456 e. The predicted octanol–water partition coefficient (Wildman–Crippen LogP) is 3.04. The Morgan fingerprint density at radius 3 is 2.83 bits per heavy atom. The molecule has 0 saturated heterocycles. The highest BCUT2D eigenvalue weighted by Crippen LogP contribution is 2.16. The molecular weight excluding hydrogens is 146 g/mol. The van der Waals surface area contributed by atoms with Crippen LogP contribution in [0.4, 0.5) is 0 Å². The van der Waals surface area contributed by atoms with E-state index in [1.165, 1.54) is 22.2 Å². The molecule has 0 radical (unpaired) electrons. The van der Waals surface area contributed by atoms with E-state index in [9.17, 15) is 0 Å². The van der Waals surface area contributed by atoms with Gasteiger partial charge in [-0.2, -0.15) is 0 Å². The first-order valence-electron chi connectivity index (χ1n) is 4.38. The zero-order valence-corrected chi connectivity index (χ0v) is 7.52. The van der Waals surface area contributed by atoms with Gasteiger partial charge < -0.3 is 4.98 Å². The Morgan fingerprint density at radius 1 is 1.25 bits per heavy atom. The second kappa shape index (κ2) is 2.67. The molecule has 2 rings (SSSR count). The molecule has 0 atom stereocenters. The second-order valence-corrected chi connectivity index (χ2v) is 3.23. The first-order valence-corrected chi connectivity index (χ1v) is 4.38. The van der Waals surface area contributed by atoms with Gasteiger partial charge in [-0.05, 0) is 42.5 Å². The summed E-state index contributed by atoms with van der Waals surface area (Å²) in [4.78, 5) is 3.31. The Morgan fingerprint density at radius 2 is 2.08 bits per heavy atom. The number of H-pyrrole nitrogens is 1. The predicted molar refractivity (Wildman–Crippen MR) is 52.4 cm³/mol. The molecule has 0 aliphatic rings. The molecule has 0 fully saturated rings. The van der Waals surface area contributed by atoms with Gasteiger partial charge in [0.05, 0.1) is 0 Å². The van der Waals surface area contributed by atoms with Crippen LogP contribution < -0.4 is 0 Å². The lowest BCUT2D eigenvalue weighted by Gasteiger charge is -1.94. The van der Waals surface area contributed by atoms with E-state index in [0.717, 1.165) is 6.42 Å². The Hall–Kier alpha value is -1.24. The highest BCUT2D eigenvalue weighted by atomic mass is 14.7. The van der Waals surface area contributed by atoms with Gasteiger partial charge in [-0.1, -0.05) is 13.0 Å². The van der Waals surface area contributed by atoms with Crippen LogP contribution in [-0.4, -0.2) is 4.98 Å². The van der Waals surface area contributed by atoms with E-state index in [4.69, 9.17) is 0 Å². The average molecular weight is 159 g/mol. The van der Waals surface area contributed by atoms with Gasteiger partial charge >= 0.3 is 0 Å². The van der Waals surface area contributed by atoms with Gasteiger partial charge in [-0.3, -0.25) is 0 Å². The third-order valence-corrected chi connectivity index (χ3v) is 2.23. The summed E-state index contributed by atoms with van der Waals surface area (Å²) in [7, 11) is 0. The number of hydrogen-bond acceptors (Lipinski definition) is 0. The standard InChI is InChI=1S/C11H13N/c1-3-9-4-5-11-10(7-9)6-8(2)12-11/h4-7,12H,3H2,1-2H3. The van der Waals surface area contributed by atoms with Crippen molar-refractivity contribution in [2.75, 3.05) is 0 Å². The molecule has 12 heavy (non-hydrogen) atoms. The molecule has 0 unspecified atom stereocenters. The lowest BCUT2D eigenvalue weighted by Crippen LogP contribution is -1.77. The third kappa shape index (κ3) is 1.11. The summed E-state index contributed by atoms with van der Waals surface area (Å²) in [5, 5.41) is 1.33. The van der Waals surface area contributed by atoms with E-state index in [1.54, 1.807) is 0 Å². The number of benzene rings is 1. The number of aromatic amines is 1. The average Bonchev–Trinajstić information content (AvgIpc) is 2.43. The van der Waals surface area contributed by atoms with Crippen LogP contribution in [0.25, 0.3) is 10.9 Å². The molecule has 1 N–H and O–H groups in total. The van der Waals surface area contributed by atoms with E-state index in [0.29, 0.717) is 0 Å². The van der Waals surface area contributed by atoms with Crippen LogP contribution in [-0.2, 0) is 6.42 Å². The quantitative estimate of drug-likeness (QED) is 0.658. The van der Waals surface area contributed by atoms with Crippen LogP contribution in [0, 0.1) is 6.92 Å². The smallest absolute Gasteiger partial charge is 0.0456 e. The molecule has 0 amide bonds. The van der Waals surface area contributed by atoms with Gasteiger partial charge in [-0.25, -0.2) is 0 Å². The summed E-state index contributed by atoms with van der Waals surface area (Å²) in [5.74, 6) is 0. The van der Waals surface area contributed by atoms with Gasteiger partial charge in [-0.15, -0.1) is 0 Å². The van der Waals surface area contributed by atoms with Crippen LogP contribution in [0.1, 0.15) is 18.2 Å². The van der Waals surface area contributed by atoms with E-state index in [2.05, 4.69) is 43.1 Å². The van der Waals surface area contributed by atoms with E-state index in [-0.39, 0.29) is 0 Å². The van der Waals surface area contributed by atoms with E-state index < -0.39 is 0 Å². The zero-order valence-electron chi connectivity index (χ0n) is 7.52. The van der Waals surface area contributed by atoms with Gasteiger partial charge in [0.1, 0.15) is 0 Å². The van der Waals surface area contributed by atoms with Gasteiger partial charge in [0.2, 0.25) is 0 Å². The van der Waals surface area contributed by atoms with Crippen molar-refractivity contribution in [1.82, 2.24) is 4.98 Å². The van der Waals surface area contributed by atoms with Crippen LogP contribution in [0.15, 0.2) is 24.3 Å².